The maximum Gasteiger partial charge on any atom is 0.402 e. The molecule has 0 aliphatic heterocycles. The van der Waals surface area contributed by atoms with Gasteiger partial charge in [0.25, 0.3) is 0 Å². The molecule has 0 atom stereocenters. The lowest BCUT2D eigenvalue weighted by Crippen LogP contribution is -2.39. The second-order valence-corrected chi connectivity index (χ2v) is 6.62. The Morgan fingerprint density at radius 3 is 2.38 bits per heavy atom. The van der Waals surface area contributed by atoms with Crippen molar-refractivity contribution in [2.45, 2.75) is 25.4 Å². The molecular formula is C13H19F3N2O2S. The van der Waals surface area contributed by atoms with Gasteiger partial charge in [0.15, 0.2) is 0 Å². The quantitative estimate of drug-likeness (QED) is 0.836. The zero-order chi connectivity index (χ0) is 16.1. The summed E-state index contributed by atoms with van der Waals surface area (Å²) < 4.78 is 61.9. The minimum Gasteiger partial charge on any atom is -0.316 e. The monoisotopic (exact) mass is 324 g/mol. The van der Waals surface area contributed by atoms with Gasteiger partial charge in [0.1, 0.15) is 6.54 Å². The molecule has 1 N–H and O–H groups in total. The summed E-state index contributed by atoms with van der Waals surface area (Å²) >= 11 is 0. The van der Waals surface area contributed by atoms with Gasteiger partial charge in [-0.1, -0.05) is 31.2 Å². The molecule has 0 aromatic heterocycles. The molecular weight excluding hydrogens is 305 g/mol. The van der Waals surface area contributed by atoms with Crippen molar-refractivity contribution in [3.8, 4) is 0 Å². The lowest BCUT2D eigenvalue weighted by atomic mass is 10.1. The highest BCUT2D eigenvalue weighted by molar-refractivity contribution is 7.88. The SMILES string of the molecule is CCN(CC(F)(F)F)S(=O)(=O)Cc1cccc(CNC)c1. The van der Waals surface area contributed by atoms with Crippen LogP contribution in [0.5, 0.6) is 0 Å². The molecule has 0 heterocycles. The molecule has 8 heteroatoms. The van der Waals surface area contributed by atoms with Crippen LogP contribution in [0.4, 0.5) is 13.2 Å². The van der Waals surface area contributed by atoms with Gasteiger partial charge in [-0.25, -0.2) is 8.42 Å². The van der Waals surface area contributed by atoms with Crippen molar-refractivity contribution in [2.24, 2.45) is 0 Å². The number of rotatable bonds is 7. The summed E-state index contributed by atoms with van der Waals surface area (Å²) in [6.07, 6.45) is -4.54. The summed E-state index contributed by atoms with van der Waals surface area (Å²) in [7, 11) is -2.24. The largest absolute Gasteiger partial charge is 0.402 e. The predicted octanol–water partition coefficient (Wildman–Crippen LogP) is 2.12. The summed E-state index contributed by atoms with van der Waals surface area (Å²) in [6.45, 7) is 0.286. The van der Waals surface area contributed by atoms with Crippen molar-refractivity contribution in [3.63, 3.8) is 0 Å². The van der Waals surface area contributed by atoms with Crippen LogP contribution >= 0.6 is 0 Å². The van der Waals surface area contributed by atoms with Gasteiger partial charge in [0, 0.05) is 13.1 Å². The zero-order valence-electron chi connectivity index (χ0n) is 11.9. The number of nitrogens with zero attached hydrogens (tertiary/aromatic N) is 1. The van der Waals surface area contributed by atoms with E-state index in [-0.39, 0.29) is 6.54 Å². The average Bonchev–Trinajstić information content (AvgIpc) is 2.35. The molecule has 0 radical (unpaired) electrons. The normalized spacial score (nSPS) is 12.9. The van der Waals surface area contributed by atoms with Gasteiger partial charge < -0.3 is 5.32 Å². The van der Waals surface area contributed by atoms with Gasteiger partial charge in [-0.3, -0.25) is 0 Å². The Kier molecular flexibility index (Phi) is 6.18. The van der Waals surface area contributed by atoms with Crippen molar-refractivity contribution < 1.29 is 21.6 Å². The summed E-state index contributed by atoms with van der Waals surface area (Å²) in [6, 6.07) is 6.78. The molecule has 120 valence electrons. The Morgan fingerprint density at radius 1 is 1.24 bits per heavy atom. The minimum absolute atomic E-state index is 0.210. The van der Waals surface area contributed by atoms with Gasteiger partial charge in [-0.05, 0) is 18.2 Å². The average molecular weight is 324 g/mol. The van der Waals surface area contributed by atoms with E-state index >= 15 is 0 Å². The third kappa shape index (κ3) is 6.03. The molecule has 0 saturated carbocycles. The first kappa shape index (κ1) is 17.9. The van der Waals surface area contributed by atoms with Crippen LogP contribution in [-0.2, 0) is 22.3 Å². The molecule has 0 spiro atoms. The highest BCUT2D eigenvalue weighted by Crippen LogP contribution is 2.20. The van der Waals surface area contributed by atoms with Crippen LogP contribution in [0.25, 0.3) is 0 Å². The summed E-state index contributed by atoms with van der Waals surface area (Å²) in [5.74, 6) is -0.436. The first-order chi connectivity index (χ1) is 9.68. The molecule has 0 saturated heterocycles. The van der Waals surface area contributed by atoms with Crippen LogP contribution in [0.15, 0.2) is 24.3 Å². The van der Waals surface area contributed by atoms with Gasteiger partial charge >= 0.3 is 6.18 Å². The topological polar surface area (TPSA) is 49.4 Å². The van der Waals surface area contributed by atoms with Crippen molar-refractivity contribution in [1.29, 1.82) is 0 Å². The van der Waals surface area contributed by atoms with E-state index in [1.54, 1.807) is 25.2 Å². The van der Waals surface area contributed by atoms with Gasteiger partial charge in [0.05, 0.1) is 5.75 Å². The Labute approximate surface area is 123 Å². The maximum atomic E-state index is 12.4. The Hall–Kier alpha value is -1.12. The van der Waals surface area contributed by atoms with E-state index in [4.69, 9.17) is 0 Å². The fourth-order valence-electron chi connectivity index (χ4n) is 1.94. The van der Waals surface area contributed by atoms with Crippen LogP contribution in [0.2, 0.25) is 0 Å². The molecule has 0 unspecified atom stereocenters. The van der Waals surface area contributed by atoms with Crippen LogP contribution in [-0.4, -0.2) is 39.0 Å². The molecule has 0 fully saturated rings. The molecule has 1 aromatic rings. The van der Waals surface area contributed by atoms with E-state index < -0.39 is 28.5 Å². The molecule has 0 amide bonds. The van der Waals surface area contributed by atoms with E-state index in [0.717, 1.165) is 5.56 Å². The number of sulfonamides is 1. The lowest BCUT2D eigenvalue weighted by Gasteiger charge is -2.22. The Morgan fingerprint density at radius 2 is 1.86 bits per heavy atom. The van der Waals surface area contributed by atoms with Gasteiger partial charge in [-0.2, -0.15) is 17.5 Å². The molecule has 4 nitrogen and oxygen atoms in total. The highest BCUT2D eigenvalue weighted by Gasteiger charge is 2.35. The van der Waals surface area contributed by atoms with Gasteiger partial charge in [-0.15, -0.1) is 0 Å². The van der Waals surface area contributed by atoms with E-state index in [2.05, 4.69) is 5.32 Å². The summed E-state index contributed by atoms with van der Waals surface area (Å²) in [4.78, 5) is 0. The fraction of sp³-hybridized carbons (Fsp3) is 0.538. The first-order valence-electron chi connectivity index (χ1n) is 6.45. The molecule has 1 aromatic carbocycles. The zero-order valence-corrected chi connectivity index (χ0v) is 12.8. The second-order valence-electron chi connectivity index (χ2n) is 4.65. The third-order valence-corrected chi connectivity index (χ3v) is 4.70. The van der Waals surface area contributed by atoms with E-state index in [0.29, 0.717) is 16.4 Å². The van der Waals surface area contributed by atoms with Crippen molar-refractivity contribution in [2.75, 3.05) is 20.1 Å². The molecule has 0 aliphatic carbocycles. The fourth-order valence-corrected chi connectivity index (χ4v) is 3.46. The van der Waals surface area contributed by atoms with Crippen molar-refractivity contribution in [3.05, 3.63) is 35.4 Å². The summed E-state index contributed by atoms with van der Waals surface area (Å²) in [5, 5.41) is 2.93. The van der Waals surface area contributed by atoms with Crippen LogP contribution < -0.4 is 5.32 Å². The standard InChI is InChI=1S/C13H19F3N2O2S/c1-3-18(10-13(14,15)16)21(19,20)9-12-6-4-5-11(7-12)8-17-2/h4-7,17H,3,8-10H2,1-2H3. The predicted molar refractivity (Wildman–Crippen MR) is 75.1 cm³/mol. The van der Waals surface area contributed by atoms with Gasteiger partial charge in [0.2, 0.25) is 10.0 Å². The first-order valence-corrected chi connectivity index (χ1v) is 8.06. The summed E-state index contributed by atoms with van der Waals surface area (Å²) in [5.41, 5.74) is 1.35. The number of nitrogens with one attached hydrogen (secondary N) is 1. The van der Waals surface area contributed by atoms with E-state index in [1.165, 1.54) is 6.92 Å². The third-order valence-electron chi connectivity index (χ3n) is 2.82. The van der Waals surface area contributed by atoms with Crippen LogP contribution in [0.1, 0.15) is 18.1 Å². The number of alkyl halides is 3. The van der Waals surface area contributed by atoms with E-state index in [1.807, 2.05) is 6.07 Å². The van der Waals surface area contributed by atoms with Crippen molar-refractivity contribution in [1.82, 2.24) is 9.62 Å². The van der Waals surface area contributed by atoms with Crippen LogP contribution in [0, 0.1) is 0 Å². The lowest BCUT2D eigenvalue weighted by molar-refractivity contribution is -0.135. The number of halogens is 3. The highest BCUT2D eigenvalue weighted by atomic mass is 32.2. The smallest absolute Gasteiger partial charge is 0.316 e. The maximum absolute atomic E-state index is 12.4. The van der Waals surface area contributed by atoms with Crippen molar-refractivity contribution >= 4 is 10.0 Å². The Bertz CT molecular complexity index is 559. The number of hydrogen-bond acceptors (Lipinski definition) is 3. The number of hydrogen-bond donors (Lipinski definition) is 1. The molecule has 0 aliphatic rings. The second kappa shape index (κ2) is 7.24. The molecule has 0 bridgehead atoms. The van der Waals surface area contributed by atoms with E-state index in [9.17, 15) is 21.6 Å². The van der Waals surface area contributed by atoms with Crippen LogP contribution in [0.3, 0.4) is 0 Å². The minimum atomic E-state index is -4.54. The molecule has 21 heavy (non-hydrogen) atoms. The molecule has 1 rings (SSSR count). The number of benzene rings is 1. The Balaban J connectivity index is 2.90.